The summed E-state index contributed by atoms with van der Waals surface area (Å²) in [4.78, 5) is 11.6. The number of non-ortho nitro benzene ring substituents is 1. The van der Waals surface area contributed by atoms with Gasteiger partial charge in [0.05, 0.1) is 15.4 Å². The molecule has 21 heavy (non-hydrogen) atoms. The maximum atomic E-state index is 12.0. The van der Waals surface area contributed by atoms with E-state index in [0.717, 1.165) is 24.3 Å². The number of likely N-dealkylation sites (N-methyl/N-ethyl adjacent to an activating group) is 1. The van der Waals surface area contributed by atoms with Crippen molar-refractivity contribution in [2.75, 3.05) is 27.2 Å². The molecule has 1 rings (SSSR count). The molecule has 0 fully saturated rings. The molecule has 0 aliphatic carbocycles. The number of benzene rings is 1. The van der Waals surface area contributed by atoms with Gasteiger partial charge in [0.25, 0.3) is 5.69 Å². The molecule has 9 heteroatoms. The Morgan fingerprint density at radius 1 is 1.33 bits per heavy atom. The van der Waals surface area contributed by atoms with Gasteiger partial charge in [-0.25, -0.2) is 13.1 Å². The van der Waals surface area contributed by atoms with E-state index in [9.17, 15) is 23.6 Å². The predicted octanol–water partition coefficient (Wildman–Crippen LogP) is 0.186. The van der Waals surface area contributed by atoms with Gasteiger partial charge in [0, 0.05) is 25.2 Å². The van der Waals surface area contributed by atoms with E-state index in [1.165, 1.54) is 6.92 Å². The third-order valence-corrected chi connectivity index (χ3v) is 4.07. The summed E-state index contributed by atoms with van der Waals surface area (Å²) >= 11 is 0. The Labute approximate surface area is 123 Å². The Balaban J connectivity index is 2.80. The number of nitro benzene ring substituents is 1. The first kappa shape index (κ1) is 17.5. The van der Waals surface area contributed by atoms with Crippen molar-refractivity contribution in [1.82, 2.24) is 9.62 Å². The first-order valence-corrected chi connectivity index (χ1v) is 7.63. The van der Waals surface area contributed by atoms with E-state index in [2.05, 4.69) is 4.72 Å². The molecule has 0 amide bonds. The zero-order valence-corrected chi connectivity index (χ0v) is 12.9. The molecule has 0 saturated carbocycles. The monoisotopic (exact) mass is 317 g/mol. The van der Waals surface area contributed by atoms with Gasteiger partial charge < -0.3 is 10.0 Å². The van der Waals surface area contributed by atoms with Crippen molar-refractivity contribution in [3.63, 3.8) is 0 Å². The third kappa shape index (κ3) is 5.38. The maximum Gasteiger partial charge on any atom is 0.269 e. The van der Waals surface area contributed by atoms with Crippen molar-refractivity contribution >= 4 is 15.7 Å². The molecule has 118 valence electrons. The van der Waals surface area contributed by atoms with Crippen LogP contribution >= 0.6 is 0 Å². The third-order valence-electron chi connectivity index (χ3n) is 2.66. The Hall–Kier alpha value is -1.55. The zero-order chi connectivity index (χ0) is 16.3. The molecule has 0 saturated heterocycles. The lowest BCUT2D eigenvalue weighted by Crippen LogP contribution is -2.47. The lowest BCUT2D eigenvalue weighted by atomic mass is 10.1. The topological polar surface area (TPSA) is 113 Å². The first-order chi connectivity index (χ1) is 9.53. The van der Waals surface area contributed by atoms with E-state index in [0.29, 0.717) is 0 Å². The number of hydrogen-bond donors (Lipinski definition) is 2. The van der Waals surface area contributed by atoms with Crippen LogP contribution in [0.25, 0.3) is 0 Å². The fraction of sp³-hybridized carbons (Fsp3) is 0.500. The molecule has 0 aromatic heterocycles. The minimum absolute atomic E-state index is 0.0891. The second-order valence-electron chi connectivity index (χ2n) is 5.31. The van der Waals surface area contributed by atoms with Crippen LogP contribution in [0.2, 0.25) is 0 Å². The largest absolute Gasteiger partial charge is 0.387 e. The summed E-state index contributed by atoms with van der Waals surface area (Å²) in [5.41, 5.74) is -1.41. The molecule has 0 heterocycles. The predicted molar refractivity (Wildman–Crippen MR) is 77.5 cm³/mol. The van der Waals surface area contributed by atoms with Crippen LogP contribution in [0, 0.1) is 10.1 Å². The zero-order valence-electron chi connectivity index (χ0n) is 12.1. The molecule has 0 bridgehead atoms. The molecule has 1 atom stereocenters. The Morgan fingerprint density at radius 2 is 1.86 bits per heavy atom. The van der Waals surface area contributed by atoms with Crippen molar-refractivity contribution in [1.29, 1.82) is 0 Å². The maximum absolute atomic E-state index is 12.0. The molecule has 0 aliphatic heterocycles. The van der Waals surface area contributed by atoms with Crippen LogP contribution in [0.4, 0.5) is 5.69 Å². The molecular formula is C12H19N3O5S. The molecule has 1 unspecified atom stereocenters. The normalized spacial score (nSPS) is 14.9. The number of sulfonamides is 1. The van der Waals surface area contributed by atoms with Gasteiger partial charge in [0.15, 0.2) is 0 Å². The van der Waals surface area contributed by atoms with Gasteiger partial charge in [0.2, 0.25) is 10.0 Å². The second kappa shape index (κ2) is 6.48. The highest BCUT2D eigenvalue weighted by atomic mass is 32.2. The minimum Gasteiger partial charge on any atom is -0.387 e. The van der Waals surface area contributed by atoms with Crippen molar-refractivity contribution in [3.8, 4) is 0 Å². The lowest BCUT2D eigenvalue weighted by Gasteiger charge is -2.26. The van der Waals surface area contributed by atoms with Gasteiger partial charge in [-0.2, -0.15) is 0 Å². The van der Waals surface area contributed by atoms with Crippen LogP contribution < -0.4 is 4.72 Å². The SMILES string of the molecule is CN(C)CC(C)(O)CNS(=O)(=O)c1ccc([N+](=O)[O-])cc1. The smallest absolute Gasteiger partial charge is 0.269 e. The van der Waals surface area contributed by atoms with Gasteiger partial charge in [-0.05, 0) is 33.2 Å². The minimum atomic E-state index is -3.82. The van der Waals surface area contributed by atoms with Crippen LogP contribution in [0.3, 0.4) is 0 Å². The standard InChI is InChI=1S/C12H19N3O5S/c1-12(16,9-14(2)3)8-13-21(19,20)11-6-4-10(5-7-11)15(17)18/h4-7,13,16H,8-9H2,1-3H3. The van der Waals surface area contributed by atoms with E-state index < -0.39 is 20.5 Å². The van der Waals surface area contributed by atoms with Crippen LogP contribution in [0.1, 0.15) is 6.92 Å². The number of nitrogens with zero attached hydrogens (tertiary/aromatic N) is 2. The van der Waals surface area contributed by atoms with Crippen LogP contribution in [-0.4, -0.2) is 56.1 Å². The van der Waals surface area contributed by atoms with E-state index >= 15 is 0 Å². The van der Waals surface area contributed by atoms with Crippen molar-refractivity contribution in [2.24, 2.45) is 0 Å². The quantitative estimate of drug-likeness (QED) is 0.548. The Kier molecular flexibility index (Phi) is 5.40. The fourth-order valence-corrected chi connectivity index (χ4v) is 2.98. The van der Waals surface area contributed by atoms with E-state index in [-0.39, 0.29) is 23.7 Å². The van der Waals surface area contributed by atoms with Gasteiger partial charge >= 0.3 is 0 Å². The van der Waals surface area contributed by atoms with E-state index in [1.807, 2.05) is 0 Å². The summed E-state index contributed by atoms with van der Waals surface area (Å²) in [6.45, 7) is 1.64. The van der Waals surface area contributed by atoms with Crippen LogP contribution in [-0.2, 0) is 10.0 Å². The number of rotatable bonds is 7. The molecule has 2 N–H and O–H groups in total. The number of nitrogens with one attached hydrogen (secondary N) is 1. The van der Waals surface area contributed by atoms with Gasteiger partial charge in [-0.15, -0.1) is 0 Å². The highest BCUT2D eigenvalue weighted by molar-refractivity contribution is 7.89. The Morgan fingerprint density at radius 3 is 2.29 bits per heavy atom. The summed E-state index contributed by atoms with van der Waals surface area (Å²) < 4.78 is 26.4. The average molecular weight is 317 g/mol. The summed E-state index contributed by atoms with van der Waals surface area (Å²) in [5, 5.41) is 20.6. The highest BCUT2D eigenvalue weighted by Crippen LogP contribution is 2.16. The summed E-state index contributed by atoms with van der Waals surface area (Å²) in [6, 6.07) is 4.54. The van der Waals surface area contributed by atoms with E-state index in [4.69, 9.17) is 0 Å². The number of nitro groups is 1. The van der Waals surface area contributed by atoms with E-state index in [1.54, 1.807) is 19.0 Å². The Bertz CT molecular complexity index is 596. The molecular weight excluding hydrogens is 298 g/mol. The van der Waals surface area contributed by atoms with Crippen molar-refractivity contribution in [3.05, 3.63) is 34.4 Å². The van der Waals surface area contributed by atoms with Crippen molar-refractivity contribution < 1.29 is 18.4 Å². The van der Waals surface area contributed by atoms with Gasteiger partial charge in [0.1, 0.15) is 0 Å². The highest BCUT2D eigenvalue weighted by Gasteiger charge is 2.25. The van der Waals surface area contributed by atoms with Gasteiger partial charge in [-0.3, -0.25) is 10.1 Å². The molecule has 0 spiro atoms. The van der Waals surface area contributed by atoms with Crippen molar-refractivity contribution in [2.45, 2.75) is 17.4 Å². The molecule has 1 aromatic carbocycles. The summed E-state index contributed by atoms with van der Waals surface area (Å²) in [5.74, 6) is 0. The lowest BCUT2D eigenvalue weighted by molar-refractivity contribution is -0.384. The summed E-state index contributed by atoms with van der Waals surface area (Å²) in [6.07, 6.45) is 0. The number of hydrogen-bond acceptors (Lipinski definition) is 6. The van der Waals surface area contributed by atoms with Gasteiger partial charge in [-0.1, -0.05) is 0 Å². The second-order valence-corrected chi connectivity index (χ2v) is 7.08. The van der Waals surface area contributed by atoms with Crippen LogP contribution in [0.15, 0.2) is 29.2 Å². The fourth-order valence-electron chi connectivity index (χ4n) is 1.82. The summed E-state index contributed by atoms with van der Waals surface area (Å²) in [7, 11) is -0.296. The molecule has 1 aromatic rings. The number of aliphatic hydroxyl groups is 1. The molecule has 0 radical (unpaired) electrons. The first-order valence-electron chi connectivity index (χ1n) is 6.15. The molecule has 8 nitrogen and oxygen atoms in total. The van der Waals surface area contributed by atoms with Crippen LogP contribution in [0.5, 0.6) is 0 Å². The molecule has 0 aliphatic rings. The average Bonchev–Trinajstić information content (AvgIpc) is 2.35.